The first-order chi connectivity index (χ1) is 6.45. The smallest absolute Gasteiger partial charge is 0.244 e. The Balaban J connectivity index is 3.17. The van der Waals surface area contributed by atoms with Crippen molar-refractivity contribution in [3.63, 3.8) is 0 Å². The highest BCUT2D eigenvalue weighted by Crippen LogP contribution is 2.37. The minimum Gasteiger partial charge on any atom is -0.294 e. The van der Waals surface area contributed by atoms with Crippen molar-refractivity contribution < 1.29 is 9.59 Å². The lowest BCUT2D eigenvalue weighted by atomic mass is 9.67. The molecule has 5 heteroatoms. The number of hydrogen-bond acceptors (Lipinski definition) is 4. The Hall–Kier alpha value is -1.88. The lowest BCUT2D eigenvalue weighted by molar-refractivity contribution is -0.143. The molecule has 0 aromatic carbocycles. The summed E-state index contributed by atoms with van der Waals surface area (Å²) >= 11 is 0. The van der Waals surface area contributed by atoms with Gasteiger partial charge in [-0.15, -0.1) is 0 Å². The third-order valence-corrected chi connectivity index (χ3v) is 2.52. The van der Waals surface area contributed by atoms with Gasteiger partial charge in [-0.25, -0.2) is 0 Å². The molecule has 72 valence electrons. The van der Waals surface area contributed by atoms with Crippen LogP contribution in [0.3, 0.4) is 0 Å². The van der Waals surface area contributed by atoms with Gasteiger partial charge >= 0.3 is 0 Å². The first kappa shape index (κ1) is 10.2. The summed E-state index contributed by atoms with van der Waals surface area (Å²) in [5, 5.41) is 19.5. The molecule has 1 fully saturated rings. The Morgan fingerprint density at radius 3 is 1.79 bits per heavy atom. The number of piperidine rings is 1. The minimum absolute atomic E-state index is 0.617. The highest BCUT2D eigenvalue weighted by Gasteiger charge is 2.50. The predicted octanol–water partition coefficient (Wildman–Crippen LogP) is -0.0514. The first-order valence-electron chi connectivity index (χ1n) is 4.09. The van der Waals surface area contributed by atoms with Crippen LogP contribution >= 0.6 is 0 Å². The number of nitriles is 2. The van der Waals surface area contributed by atoms with Crippen molar-refractivity contribution in [1.82, 2.24) is 5.32 Å². The molecule has 0 spiro atoms. The molecule has 0 bridgehead atoms. The number of rotatable bonds is 0. The van der Waals surface area contributed by atoms with Crippen LogP contribution in [-0.4, -0.2) is 11.8 Å². The molecule has 0 aromatic heterocycles. The van der Waals surface area contributed by atoms with Gasteiger partial charge in [0.05, 0.1) is 12.1 Å². The summed E-state index contributed by atoms with van der Waals surface area (Å²) in [5.41, 5.74) is -0.928. The minimum atomic E-state index is -0.954. The number of hydrogen-bond donors (Lipinski definition) is 1. The monoisotopic (exact) mass is 191 g/mol. The Kier molecular flexibility index (Phi) is 2.27. The van der Waals surface area contributed by atoms with Crippen molar-refractivity contribution in [2.45, 2.75) is 13.8 Å². The van der Waals surface area contributed by atoms with Crippen LogP contribution in [0.25, 0.3) is 0 Å². The Morgan fingerprint density at radius 1 is 1.14 bits per heavy atom. The molecule has 1 rings (SSSR count). The average molecular weight is 191 g/mol. The van der Waals surface area contributed by atoms with E-state index in [0.717, 1.165) is 0 Å². The number of nitrogens with zero attached hydrogens (tertiary/aromatic N) is 2. The highest BCUT2D eigenvalue weighted by atomic mass is 16.2. The van der Waals surface area contributed by atoms with E-state index in [4.69, 9.17) is 10.5 Å². The molecule has 2 amide bonds. The fourth-order valence-corrected chi connectivity index (χ4v) is 1.56. The molecule has 1 N–H and O–H groups in total. The largest absolute Gasteiger partial charge is 0.294 e. The second kappa shape index (κ2) is 3.12. The van der Waals surface area contributed by atoms with E-state index in [1.165, 1.54) is 0 Å². The molecule has 0 radical (unpaired) electrons. The van der Waals surface area contributed by atoms with Crippen LogP contribution in [0.1, 0.15) is 13.8 Å². The van der Waals surface area contributed by atoms with Crippen molar-refractivity contribution in [1.29, 1.82) is 10.5 Å². The van der Waals surface area contributed by atoms with Crippen molar-refractivity contribution in [2.24, 2.45) is 17.3 Å². The molecule has 1 aliphatic rings. The molecule has 5 nitrogen and oxygen atoms in total. The van der Waals surface area contributed by atoms with Gasteiger partial charge in [-0.1, -0.05) is 13.8 Å². The van der Waals surface area contributed by atoms with E-state index in [9.17, 15) is 9.59 Å². The average Bonchev–Trinajstić information content (AvgIpc) is 2.02. The van der Waals surface area contributed by atoms with Gasteiger partial charge in [-0.2, -0.15) is 10.5 Å². The number of amides is 2. The normalized spacial score (nSPS) is 30.0. The van der Waals surface area contributed by atoms with E-state index in [-0.39, 0.29) is 0 Å². The maximum Gasteiger partial charge on any atom is 0.244 e. The van der Waals surface area contributed by atoms with Gasteiger partial charge in [0.25, 0.3) is 0 Å². The molecular weight excluding hydrogens is 182 g/mol. The fourth-order valence-electron chi connectivity index (χ4n) is 1.56. The molecule has 0 aliphatic carbocycles. The zero-order chi connectivity index (χ0) is 10.9. The Morgan fingerprint density at radius 2 is 1.50 bits per heavy atom. The molecule has 1 heterocycles. The van der Waals surface area contributed by atoms with E-state index >= 15 is 0 Å². The van der Waals surface area contributed by atoms with E-state index in [1.807, 2.05) is 17.5 Å². The number of nitrogens with one attached hydrogen (secondary N) is 1. The van der Waals surface area contributed by atoms with Crippen molar-refractivity contribution in [2.75, 3.05) is 0 Å². The Labute approximate surface area is 81.3 Å². The Bertz CT molecular complexity index is 338. The van der Waals surface area contributed by atoms with Gasteiger partial charge in [0, 0.05) is 5.41 Å². The van der Waals surface area contributed by atoms with Crippen LogP contribution in [-0.2, 0) is 9.59 Å². The summed E-state index contributed by atoms with van der Waals surface area (Å²) in [7, 11) is 0. The summed E-state index contributed by atoms with van der Waals surface area (Å²) in [5.74, 6) is -3.14. The van der Waals surface area contributed by atoms with Crippen LogP contribution in [0.2, 0.25) is 0 Å². The van der Waals surface area contributed by atoms with Crippen LogP contribution in [0, 0.1) is 39.9 Å². The standard InChI is InChI=1S/C9H9N3O2/c1-9(2)5(3-10)7(13)12-8(14)6(9)4-11/h5-6H,1-2H3,(H,12,13,14)/t5-,6+. The summed E-state index contributed by atoms with van der Waals surface area (Å²) < 4.78 is 0. The molecule has 1 aliphatic heterocycles. The van der Waals surface area contributed by atoms with Gasteiger partial charge in [-0.05, 0) is 0 Å². The zero-order valence-corrected chi connectivity index (χ0v) is 7.87. The topological polar surface area (TPSA) is 93.8 Å². The van der Waals surface area contributed by atoms with Gasteiger partial charge in [0.15, 0.2) is 0 Å². The lowest BCUT2D eigenvalue weighted by Crippen LogP contribution is -2.55. The quantitative estimate of drug-likeness (QED) is 0.543. The molecule has 1 saturated heterocycles. The number of imide groups is 1. The first-order valence-corrected chi connectivity index (χ1v) is 4.09. The SMILES string of the molecule is CC1(C)[C@H](C#N)C(=O)NC(=O)[C@@H]1C#N. The van der Waals surface area contributed by atoms with E-state index in [0.29, 0.717) is 0 Å². The van der Waals surface area contributed by atoms with Crippen molar-refractivity contribution >= 4 is 11.8 Å². The lowest BCUT2D eigenvalue weighted by Gasteiger charge is -2.36. The second-order valence-corrected chi connectivity index (χ2v) is 3.80. The van der Waals surface area contributed by atoms with E-state index < -0.39 is 29.1 Å². The molecule has 0 unspecified atom stereocenters. The molecular formula is C9H9N3O2. The van der Waals surface area contributed by atoms with Gasteiger partial charge in [-0.3, -0.25) is 14.9 Å². The highest BCUT2D eigenvalue weighted by molar-refractivity contribution is 6.02. The summed E-state index contributed by atoms with van der Waals surface area (Å²) in [6.07, 6.45) is 0. The van der Waals surface area contributed by atoms with Crippen LogP contribution in [0.5, 0.6) is 0 Å². The van der Waals surface area contributed by atoms with E-state index in [1.54, 1.807) is 13.8 Å². The third-order valence-electron chi connectivity index (χ3n) is 2.52. The van der Waals surface area contributed by atoms with Crippen molar-refractivity contribution in [3.8, 4) is 12.1 Å². The maximum absolute atomic E-state index is 11.2. The zero-order valence-electron chi connectivity index (χ0n) is 7.87. The van der Waals surface area contributed by atoms with Gasteiger partial charge < -0.3 is 0 Å². The number of carbonyl (C=O) groups is 2. The third kappa shape index (κ3) is 1.23. The van der Waals surface area contributed by atoms with Crippen LogP contribution in [0.15, 0.2) is 0 Å². The van der Waals surface area contributed by atoms with Crippen LogP contribution in [0.4, 0.5) is 0 Å². The van der Waals surface area contributed by atoms with Gasteiger partial charge in [0.1, 0.15) is 11.8 Å². The maximum atomic E-state index is 11.2. The molecule has 0 aromatic rings. The fraction of sp³-hybridized carbons (Fsp3) is 0.556. The van der Waals surface area contributed by atoms with E-state index in [2.05, 4.69) is 0 Å². The predicted molar refractivity (Wildman–Crippen MR) is 45.1 cm³/mol. The van der Waals surface area contributed by atoms with Crippen molar-refractivity contribution in [3.05, 3.63) is 0 Å². The van der Waals surface area contributed by atoms with Crippen LogP contribution < -0.4 is 5.32 Å². The summed E-state index contributed by atoms with van der Waals surface area (Å²) in [6.45, 7) is 3.15. The molecule has 2 atom stereocenters. The number of carbonyl (C=O) groups excluding carboxylic acids is 2. The second-order valence-electron chi connectivity index (χ2n) is 3.80. The molecule has 14 heavy (non-hydrogen) atoms. The van der Waals surface area contributed by atoms with Gasteiger partial charge in [0.2, 0.25) is 11.8 Å². The summed E-state index contributed by atoms with van der Waals surface area (Å²) in [6, 6.07) is 3.63. The molecule has 0 saturated carbocycles. The summed E-state index contributed by atoms with van der Waals surface area (Å²) in [4.78, 5) is 22.5.